The number of nitrogens with two attached hydrogens (primary N) is 1. The van der Waals surface area contributed by atoms with Crippen LogP contribution in [0.3, 0.4) is 0 Å². The monoisotopic (exact) mass is 552 g/mol. The lowest BCUT2D eigenvalue weighted by atomic mass is 9.84. The molecule has 40 heavy (non-hydrogen) atoms. The van der Waals surface area contributed by atoms with Gasteiger partial charge in [0, 0.05) is 23.2 Å². The lowest BCUT2D eigenvalue weighted by Crippen LogP contribution is -2.27. The van der Waals surface area contributed by atoms with Gasteiger partial charge in [-0.3, -0.25) is 4.79 Å². The number of nitrogens with one attached hydrogen (secondary N) is 1. The fourth-order valence-electron chi connectivity index (χ4n) is 4.02. The van der Waals surface area contributed by atoms with Crippen LogP contribution in [0.4, 0.5) is 23.7 Å². The second-order valence-electron chi connectivity index (χ2n) is 10.00. The van der Waals surface area contributed by atoms with E-state index in [1.165, 1.54) is 12.1 Å². The van der Waals surface area contributed by atoms with Crippen molar-refractivity contribution in [3.05, 3.63) is 102 Å². The van der Waals surface area contributed by atoms with Crippen molar-refractivity contribution in [3.63, 3.8) is 0 Å². The zero-order valence-electron chi connectivity index (χ0n) is 21.9. The van der Waals surface area contributed by atoms with Crippen molar-refractivity contribution in [1.29, 1.82) is 0 Å². The summed E-state index contributed by atoms with van der Waals surface area (Å²) in [5.74, 6) is 0.169. The van der Waals surface area contributed by atoms with Gasteiger partial charge in [0.15, 0.2) is 5.69 Å². The van der Waals surface area contributed by atoms with Crippen LogP contribution in [-0.4, -0.2) is 21.8 Å². The average Bonchev–Trinajstić information content (AvgIpc) is 3.34. The Hall–Kier alpha value is -4.80. The Morgan fingerprint density at radius 2 is 1.57 bits per heavy atom. The van der Waals surface area contributed by atoms with E-state index >= 15 is 0 Å². The average molecular weight is 553 g/mol. The zero-order chi connectivity index (χ0) is 29.1. The maximum absolute atomic E-state index is 13.7. The molecule has 1 unspecified atom stereocenters. The number of alkyl halides is 3. The van der Waals surface area contributed by atoms with Gasteiger partial charge < -0.3 is 20.5 Å². The lowest BCUT2D eigenvalue weighted by molar-refractivity contribution is -0.141. The molecule has 208 valence electrons. The number of carbonyl (C=O) groups excluding carboxylic acids is 2. The second kappa shape index (κ2) is 11.1. The molecule has 4 aromatic rings. The summed E-state index contributed by atoms with van der Waals surface area (Å²) in [5, 5.41) is 6.30. The van der Waals surface area contributed by atoms with E-state index in [1.807, 2.05) is 26.8 Å². The highest BCUT2D eigenvalue weighted by atomic mass is 19.4. The van der Waals surface area contributed by atoms with Crippen LogP contribution in [0, 0.1) is 5.41 Å². The van der Waals surface area contributed by atoms with Crippen LogP contribution in [0.2, 0.25) is 0 Å². The Morgan fingerprint density at radius 1 is 0.900 bits per heavy atom. The number of anilines is 1. The molecule has 8 nitrogen and oxygen atoms in total. The summed E-state index contributed by atoms with van der Waals surface area (Å²) in [6.07, 6.45) is -6.61. The molecule has 0 radical (unpaired) electrons. The van der Waals surface area contributed by atoms with Gasteiger partial charge in [0.2, 0.25) is 0 Å². The van der Waals surface area contributed by atoms with Crippen LogP contribution in [0.5, 0.6) is 11.5 Å². The minimum absolute atomic E-state index is 0.154. The molecule has 0 bridgehead atoms. The topological polar surface area (TPSA) is 108 Å². The first-order valence-electron chi connectivity index (χ1n) is 12.2. The van der Waals surface area contributed by atoms with Crippen LogP contribution >= 0.6 is 0 Å². The lowest BCUT2D eigenvalue weighted by Gasteiger charge is -2.30. The summed E-state index contributed by atoms with van der Waals surface area (Å²) in [6, 6.07) is 22.3. The molecule has 2 amide bonds. The van der Waals surface area contributed by atoms with Gasteiger partial charge in [0.05, 0.1) is 5.69 Å². The van der Waals surface area contributed by atoms with Gasteiger partial charge in [0.25, 0.3) is 5.91 Å². The first kappa shape index (κ1) is 28.2. The highest BCUT2D eigenvalue weighted by Crippen LogP contribution is 2.37. The van der Waals surface area contributed by atoms with Crippen molar-refractivity contribution in [2.24, 2.45) is 11.1 Å². The van der Waals surface area contributed by atoms with Crippen molar-refractivity contribution < 1.29 is 32.2 Å². The molecule has 0 saturated heterocycles. The number of hydrogen-bond acceptors (Lipinski definition) is 5. The van der Waals surface area contributed by atoms with Crippen molar-refractivity contribution in [2.45, 2.75) is 33.1 Å². The van der Waals surface area contributed by atoms with Gasteiger partial charge in [-0.1, -0.05) is 57.2 Å². The molecule has 3 aromatic carbocycles. The highest BCUT2D eigenvalue weighted by molar-refractivity contribution is 6.03. The summed E-state index contributed by atoms with van der Waals surface area (Å²) >= 11 is 0. The van der Waals surface area contributed by atoms with Crippen LogP contribution in [0.1, 0.15) is 48.6 Å². The Labute approximate surface area is 228 Å². The molecular formula is C29H27F3N4O4. The summed E-state index contributed by atoms with van der Waals surface area (Å²) < 4.78 is 53.0. The number of nitrogens with zero attached hydrogens (tertiary/aromatic N) is 2. The summed E-state index contributed by atoms with van der Waals surface area (Å²) in [4.78, 5) is 24.8. The van der Waals surface area contributed by atoms with Crippen LogP contribution in [0.15, 0.2) is 84.9 Å². The maximum Gasteiger partial charge on any atom is 0.435 e. The predicted molar refractivity (Wildman–Crippen MR) is 142 cm³/mol. The standard InChI is InChI=1S/C29H27F3N4O4/c1-28(2,3)25(40-27(33)38)18-9-7-11-20(15-18)36-23(17-24(35-36)29(30,31)32)26(37)34-19-10-8-14-22(16-19)39-21-12-5-4-6-13-21/h4-17,25H,1-3H3,(H2,33,38)(H,34,37). The minimum Gasteiger partial charge on any atom is -0.457 e. The van der Waals surface area contributed by atoms with Crippen molar-refractivity contribution in [1.82, 2.24) is 9.78 Å². The third-order valence-electron chi connectivity index (χ3n) is 5.74. The summed E-state index contributed by atoms with van der Waals surface area (Å²) in [7, 11) is 0. The molecule has 4 rings (SSSR count). The van der Waals surface area contributed by atoms with E-state index in [1.54, 1.807) is 60.7 Å². The molecule has 0 saturated carbocycles. The predicted octanol–water partition coefficient (Wildman–Crippen LogP) is 7.12. The highest BCUT2D eigenvalue weighted by Gasteiger charge is 2.36. The van der Waals surface area contributed by atoms with Crippen LogP contribution in [-0.2, 0) is 10.9 Å². The minimum atomic E-state index is -4.80. The van der Waals surface area contributed by atoms with E-state index in [9.17, 15) is 22.8 Å². The fourth-order valence-corrected chi connectivity index (χ4v) is 4.02. The summed E-state index contributed by atoms with van der Waals surface area (Å²) in [6.45, 7) is 5.45. The molecule has 1 aromatic heterocycles. The molecule has 0 aliphatic rings. The van der Waals surface area contributed by atoms with Gasteiger partial charge in [-0.2, -0.15) is 18.3 Å². The number of para-hydroxylation sites is 1. The van der Waals surface area contributed by atoms with Gasteiger partial charge >= 0.3 is 12.3 Å². The number of halogens is 3. The van der Waals surface area contributed by atoms with E-state index in [2.05, 4.69) is 10.4 Å². The number of rotatable bonds is 7. The van der Waals surface area contributed by atoms with E-state index < -0.39 is 35.4 Å². The zero-order valence-corrected chi connectivity index (χ0v) is 21.9. The molecule has 0 aliphatic heterocycles. The molecule has 1 heterocycles. The third kappa shape index (κ3) is 6.79. The molecule has 11 heteroatoms. The van der Waals surface area contributed by atoms with E-state index in [4.69, 9.17) is 15.2 Å². The van der Waals surface area contributed by atoms with Crippen molar-refractivity contribution in [3.8, 4) is 17.2 Å². The van der Waals surface area contributed by atoms with Gasteiger partial charge in [-0.05, 0) is 42.0 Å². The Morgan fingerprint density at radius 3 is 2.23 bits per heavy atom. The number of hydrogen-bond donors (Lipinski definition) is 2. The van der Waals surface area contributed by atoms with E-state index in [-0.39, 0.29) is 11.4 Å². The normalized spacial score (nSPS) is 12.4. The smallest absolute Gasteiger partial charge is 0.435 e. The number of carbonyl (C=O) groups is 2. The van der Waals surface area contributed by atoms with Crippen LogP contribution in [0.25, 0.3) is 5.69 Å². The Balaban J connectivity index is 1.69. The molecule has 1 atom stereocenters. The Bertz CT molecular complexity index is 1510. The second-order valence-corrected chi connectivity index (χ2v) is 10.00. The fraction of sp³-hybridized carbons (Fsp3) is 0.207. The third-order valence-corrected chi connectivity index (χ3v) is 5.74. The van der Waals surface area contributed by atoms with Gasteiger partial charge in [0.1, 0.15) is 23.3 Å². The maximum atomic E-state index is 13.7. The molecule has 0 spiro atoms. The quantitative estimate of drug-likeness (QED) is 0.254. The van der Waals surface area contributed by atoms with Crippen molar-refractivity contribution in [2.75, 3.05) is 5.32 Å². The van der Waals surface area contributed by atoms with Gasteiger partial charge in [-0.15, -0.1) is 0 Å². The molecule has 0 aliphatic carbocycles. The SMILES string of the molecule is CC(C)(C)C(OC(N)=O)c1cccc(-n2nc(C(F)(F)F)cc2C(=O)Nc2cccc(Oc3ccccc3)c2)c1. The number of aromatic nitrogens is 2. The number of ether oxygens (including phenoxy) is 2. The van der Waals surface area contributed by atoms with Crippen LogP contribution < -0.4 is 15.8 Å². The molecule has 3 N–H and O–H groups in total. The molecular weight excluding hydrogens is 525 g/mol. The number of amides is 2. The first-order valence-corrected chi connectivity index (χ1v) is 12.2. The van der Waals surface area contributed by atoms with E-state index in [0.29, 0.717) is 28.8 Å². The number of benzene rings is 3. The van der Waals surface area contributed by atoms with E-state index in [0.717, 1.165) is 4.68 Å². The first-order chi connectivity index (χ1) is 18.8. The summed E-state index contributed by atoms with van der Waals surface area (Å²) in [5.41, 5.74) is 3.97. The van der Waals surface area contributed by atoms with Gasteiger partial charge in [-0.25, -0.2) is 9.48 Å². The number of primary amides is 1. The van der Waals surface area contributed by atoms with Crippen molar-refractivity contribution >= 4 is 17.7 Å². The largest absolute Gasteiger partial charge is 0.457 e. The molecule has 0 fully saturated rings. The Kier molecular flexibility index (Phi) is 7.85.